The van der Waals surface area contributed by atoms with Gasteiger partial charge in [-0.2, -0.15) is 0 Å². The third-order valence-corrected chi connectivity index (χ3v) is 2.38. The fraction of sp³-hybridized carbons (Fsp3) is 0.385. The van der Waals surface area contributed by atoms with Crippen molar-refractivity contribution in [1.82, 2.24) is 5.32 Å². The summed E-state index contributed by atoms with van der Waals surface area (Å²) in [6.07, 6.45) is 0.285. The molecule has 2 amide bonds. The summed E-state index contributed by atoms with van der Waals surface area (Å²) in [5.41, 5.74) is 3.03. The number of anilines is 1. The molecule has 0 radical (unpaired) electrons. The van der Waals surface area contributed by atoms with Crippen molar-refractivity contribution < 1.29 is 9.59 Å². The highest BCUT2D eigenvalue weighted by atomic mass is 16.2. The Morgan fingerprint density at radius 2 is 1.94 bits per heavy atom. The van der Waals surface area contributed by atoms with Gasteiger partial charge in [-0.3, -0.25) is 9.59 Å². The fourth-order valence-electron chi connectivity index (χ4n) is 1.52. The van der Waals surface area contributed by atoms with E-state index in [1.165, 1.54) is 12.5 Å². The van der Waals surface area contributed by atoms with Crippen LogP contribution in [-0.2, 0) is 9.59 Å². The molecule has 0 aliphatic rings. The summed E-state index contributed by atoms with van der Waals surface area (Å²) in [6, 6.07) is 5.86. The van der Waals surface area contributed by atoms with Crippen LogP contribution in [-0.4, -0.2) is 18.4 Å². The van der Waals surface area contributed by atoms with Gasteiger partial charge in [0, 0.05) is 25.6 Å². The molecule has 1 aromatic carbocycles. The largest absolute Gasteiger partial charge is 0.356 e. The maximum atomic E-state index is 11.6. The van der Waals surface area contributed by atoms with Gasteiger partial charge in [-0.15, -0.1) is 0 Å². The number of hydrogen-bond donors (Lipinski definition) is 2. The lowest BCUT2D eigenvalue weighted by atomic mass is 10.1. The number of aryl methyl sites for hydroxylation is 2. The molecule has 0 spiro atoms. The van der Waals surface area contributed by atoms with Crippen molar-refractivity contribution in [2.24, 2.45) is 0 Å². The van der Waals surface area contributed by atoms with Gasteiger partial charge in [-0.05, 0) is 25.5 Å². The summed E-state index contributed by atoms with van der Waals surface area (Å²) in [7, 11) is 0. The first kappa shape index (κ1) is 13.2. The Balaban J connectivity index is 2.48. The van der Waals surface area contributed by atoms with Crippen LogP contribution in [0.4, 0.5) is 5.69 Å². The molecule has 0 bridgehead atoms. The lowest BCUT2D eigenvalue weighted by Crippen LogP contribution is -2.25. The smallest absolute Gasteiger partial charge is 0.226 e. The van der Waals surface area contributed by atoms with E-state index in [2.05, 4.69) is 10.6 Å². The number of rotatable bonds is 4. The van der Waals surface area contributed by atoms with Gasteiger partial charge >= 0.3 is 0 Å². The molecular formula is C13H18N2O2. The normalized spacial score (nSPS) is 9.82. The molecule has 1 aromatic rings. The average molecular weight is 234 g/mol. The van der Waals surface area contributed by atoms with Crippen LogP contribution in [0.3, 0.4) is 0 Å². The van der Waals surface area contributed by atoms with Crippen LogP contribution >= 0.6 is 0 Å². The van der Waals surface area contributed by atoms with Crippen LogP contribution in [0.1, 0.15) is 24.5 Å². The minimum Gasteiger partial charge on any atom is -0.356 e. The van der Waals surface area contributed by atoms with E-state index in [1.807, 2.05) is 32.0 Å². The van der Waals surface area contributed by atoms with Crippen molar-refractivity contribution in [3.8, 4) is 0 Å². The molecule has 0 aliphatic heterocycles. The van der Waals surface area contributed by atoms with E-state index in [0.717, 1.165) is 11.3 Å². The summed E-state index contributed by atoms with van der Waals surface area (Å²) in [6.45, 7) is 5.76. The van der Waals surface area contributed by atoms with E-state index in [-0.39, 0.29) is 18.2 Å². The predicted octanol–water partition coefficient (Wildman–Crippen LogP) is 1.77. The van der Waals surface area contributed by atoms with Crippen LogP contribution in [0.5, 0.6) is 0 Å². The molecular weight excluding hydrogens is 216 g/mol. The number of nitrogens with one attached hydrogen (secondary N) is 2. The van der Waals surface area contributed by atoms with Crippen molar-refractivity contribution in [3.05, 3.63) is 29.3 Å². The number of amides is 2. The summed E-state index contributed by atoms with van der Waals surface area (Å²) in [4.78, 5) is 22.2. The SMILES string of the molecule is CC(=O)NCCC(=O)Nc1ccc(C)cc1C. The van der Waals surface area contributed by atoms with Crippen molar-refractivity contribution in [3.63, 3.8) is 0 Å². The summed E-state index contributed by atoms with van der Waals surface area (Å²) in [5.74, 6) is -0.213. The van der Waals surface area contributed by atoms with Crippen molar-refractivity contribution in [2.75, 3.05) is 11.9 Å². The highest BCUT2D eigenvalue weighted by molar-refractivity contribution is 5.91. The molecule has 1 rings (SSSR count). The predicted molar refractivity (Wildman–Crippen MR) is 67.8 cm³/mol. The highest BCUT2D eigenvalue weighted by Crippen LogP contribution is 2.15. The van der Waals surface area contributed by atoms with Crippen LogP contribution in [0.25, 0.3) is 0 Å². The monoisotopic (exact) mass is 234 g/mol. The second-order valence-corrected chi connectivity index (χ2v) is 4.10. The molecule has 92 valence electrons. The molecule has 0 aromatic heterocycles. The van der Waals surface area contributed by atoms with E-state index in [0.29, 0.717) is 6.54 Å². The van der Waals surface area contributed by atoms with Crippen LogP contribution in [0.15, 0.2) is 18.2 Å². The number of benzene rings is 1. The highest BCUT2D eigenvalue weighted by Gasteiger charge is 2.04. The first-order valence-electron chi connectivity index (χ1n) is 5.60. The zero-order valence-corrected chi connectivity index (χ0v) is 10.5. The Hall–Kier alpha value is -1.84. The third kappa shape index (κ3) is 4.68. The van der Waals surface area contributed by atoms with E-state index in [1.54, 1.807) is 0 Å². The molecule has 0 saturated carbocycles. The molecule has 17 heavy (non-hydrogen) atoms. The maximum Gasteiger partial charge on any atom is 0.226 e. The lowest BCUT2D eigenvalue weighted by Gasteiger charge is -2.09. The number of carbonyl (C=O) groups excluding carboxylic acids is 2. The Morgan fingerprint density at radius 1 is 1.24 bits per heavy atom. The molecule has 0 aliphatic carbocycles. The molecule has 4 nitrogen and oxygen atoms in total. The molecule has 2 N–H and O–H groups in total. The van der Waals surface area contributed by atoms with E-state index >= 15 is 0 Å². The van der Waals surface area contributed by atoms with Gasteiger partial charge in [0.25, 0.3) is 0 Å². The third-order valence-electron chi connectivity index (χ3n) is 2.38. The van der Waals surface area contributed by atoms with Crippen molar-refractivity contribution in [2.45, 2.75) is 27.2 Å². The molecule has 0 saturated heterocycles. The van der Waals surface area contributed by atoms with Crippen LogP contribution in [0.2, 0.25) is 0 Å². The Labute approximate surface area is 101 Å². The Bertz CT molecular complexity index is 427. The molecule has 0 fully saturated rings. The Kier molecular flexibility index (Phi) is 4.69. The van der Waals surface area contributed by atoms with Crippen molar-refractivity contribution >= 4 is 17.5 Å². The zero-order chi connectivity index (χ0) is 12.8. The fourth-order valence-corrected chi connectivity index (χ4v) is 1.52. The molecule has 0 heterocycles. The van der Waals surface area contributed by atoms with Gasteiger partial charge in [0.05, 0.1) is 0 Å². The van der Waals surface area contributed by atoms with Gasteiger partial charge in [0.15, 0.2) is 0 Å². The van der Waals surface area contributed by atoms with Gasteiger partial charge in [0.1, 0.15) is 0 Å². The minimum absolute atomic E-state index is 0.0919. The second-order valence-electron chi connectivity index (χ2n) is 4.10. The summed E-state index contributed by atoms with van der Waals surface area (Å²) >= 11 is 0. The number of carbonyl (C=O) groups is 2. The van der Waals surface area contributed by atoms with E-state index < -0.39 is 0 Å². The maximum absolute atomic E-state index is 11.6. The van der Waals surface area contributed by atoms with Gasteiger partial charge in [0.2, 0.25) is 11.8 Å². The summed E-state index contributed by atoms with van der Waals surface area (Å²) in [5, 5.41) is 5.41. The topological polar surface area (TPSA) is 58.2 Å². The average Bonchev–Trinajstić information content (AvgIpc) is 2.21. The summed E-state index contributed by atoms with van der Waals surface area (Å²) < 4.78 is 0. The zero-order valence-electron chi connectivity index (χ0n) is 10.5. The van der Waals surface area contributed by atoms with Gasteiger partial charge in [-0.25, -0.2) is 0 Å². The quantitative estimate of drug-likeness (QED) is 0.834. The van der Waals surface area contributed by atoms with Gasteiger partial charge < -0.3 is 10.6 Å². The minimum atomic E-state index is -0.121. The van der Waals surface area contributed by atoms with Crippen molar-refractivity contribution in [1.29, 1.82) is 0 Å². The van der Waals surface area contributed by atoms with E-state index in [9.17, 15) is 9.59 Å². The Morgan fingerprint density at radius 3 is 2.53 bits per heavy atom. The van der Waals surface area contributed by atoms with Crippen LogP contribution in [0, 0.1) is 13.8 Å². The van der Waals surface area contributed by atoms with Gasteiger partial charge in [-0.1, -0.05) is 17.7 Å². The lowest BCUT2D eigenvalue weighted by molar-refractivity contribution is -0.119. The second kappa shape index (κ2) is 6.03. The number of hydrogen-bond acceptors (Lipinski definition) is 2. The first-order valence-corrected chi connectivity index (χ1v) is 5.60. The van der Waals surface area contributed by atoms with Crippen LogP contribution < -0.4 is 10.6 Å². The molecule has 0 unspecified atom stereocenters. The first-order chi connectivity index (χ1) is 7.99. The molecule has 4 heteroatoms. The standard InChI is InChI=1S/C13H18N2O2/c1-9-4-5-12(10(2)8-9)15-13(17)6-7-14-11(3)16/h4-5,8H,6-7H2,1-3H3,(H,14,16)(H,15,17). The van der Waals surface area contributed by atoms with E-state index in [4.69, 9.17) is 0 Å². The molecule has 0 atom stereocenters.